The van der Waals surface area contributed by atoms with Crippen molar-refractivity contribution in [3.05, 3.63) is 39.9 Å². The quantitative estimate of drug-likeness (QED) is 0.416. The number of anilines is 1. The smallest absolute Gasteiger partial charge is 0.304 e. The lowest BCUT2D eigenvalue weighted by Crippen LogP contribution is -2.46. The number of hydrogen-bond donors (Lipinski definition) is 2. The van der Waals surface area contributed by atoms with Crippen LogP contribution in [-0.4, -0.2) is 39.5 Å². The number of aliphatic carboxylic acids is 1. The van der Waals surface area contributed by atoms with Gasteiger partial charge in [0.2, 0.25) is 0 Å². The van der Waals surface area contributed by atoms with Gasteiger partial charge in [0.25, 0.3) is 17.7 Å². The highest BCUT2D eigenvalue weighted by molar-refractivity contribution is 6.42. The summed E-state index contributed by atoms with van der Waals surface area (Å²) in [5, 5.41) is 22.9. The van der Waals surface area contributed by atoms with E-state index in [0.717, 1.165) is 5.56 Å². The molecule has 1 saturated carbocycles. The molecule has 1 fully saturated rings. The second-order valence-corrected chi connectivity index (χ2v) is 6.84. The van der Waals surface area contributed by atoms with Crippen LogP contribution in [0.2, 0.25) is 0 Å². The summed E-state index contributed by atoms with van der Waals surface area (Å²) in [4.78, 5) is 58.5. The van der Waals surface area contributed by atoms with Gasteiger partial charge in [-0.2, -0.15) is 0 Å². The van der Waals surface area contributed by atoms with Crippen LogP contribution in [0.15, 0.2) is 24.3 Å². The number of aryl methyl sites for hydroxylation is 1. The molecule has 1 aliphatic carbocycles. The number of nitrogens with zero attached hydrogens (tertiary/aromatic N) is 1. The molecule has 0 bridgehead atoms. The Bertz CT molecular complexity index is 787. The van der Waals surface area contributed by atoms with Gasteiger partial charge in [-0.05, 0) is 25.0 Å². The van der Waals surface area contributed by atoms with Crippen molar-refractivity contribution < 1.29 is 29.2 Å². The van der Waals surface area contributed by atoms with Crippen LogP contribution in [0.5, 0.6) is 0 Å². The SMILES string of the molecule is Cc1ccc(NC(=O)C(=O)[C@H]([C@@H]2[C@H](C)CC(=O)[C@@H]2CC(=O)O)[N+](=O)[O-])cc1. The summed E-state index contributed by atoms with van der Waals surface area (Å²) >= 11 is 0. The van der Waals surface area contributed by atoms with Crippen LogP contribution in [0, 0.1) is 34.8 Å². The van der Waals surface area contributed by atoms with E-state index in [1.54, 1.807) is 31.2 Å². The number of carbonyl (C=O) groups excluding carboxylic acids is 3. The van der Waals surface area contributed by atoms with Crippen LogP contribution in [0.25, 0.3) is 0 Å². The molecule has 4 atom stereocenters. The first-order valence-electron chi connectivity index (χ1n) is 8.41. The molecule has 9 heteroatoms. The maximum atomic E-state index is 12.5. The Labute approximate surface area is 154 Å². The van der Waals surface area contributed by atoms with E-state index in [1.807, 2.05) is 6.92 Å². The zero-order valence-corrected chi connectivity index (χ0v) is 14.9. The van der Waals surface area contributed by atoms with Crippen molar-refractivity contribution >= 4 is 29.1 Å². The van der Waals surface area contributed by atoms with Crippen LogP contribution in [-0.2, 0) is 19.2 Å². The minimum absolute atomic E-state index is 0.0557. The number of nitro groups is 1. The van der Waals surface area contributed by atoms with Gasteiger partial charge in [0.15, 0.2) is 0 Å². The Balaban J connectivity index is 2.26. The average molecular weight is 376 g/mol. The zero-order valence-electron chi connectivity index (χ0n) is 14.9. The van der Waals surface area contributed by atoms with Crippen LogP contribution in [0.1, 0.15) is 25.3 Å². The fourth-order valence-electron chi connectivity index (χ4n) is 3.56. The van der Waals surface area contributed by atoms with E-state index < -0.39 is 58.6 Å². The largest absolute Gasteiger partial charge is 0.481 e. The summed E-state index contributed by atoms with van der Waals surface area (Å²) in [5.41, 5.74) is 1.23. The van der Waals surface area contributed by atoms with Gasteiger partial charge in [-0.1, -0.05) is 24.6 Å². The Morgan fingerprint density at radius 3 is 2.41 bits per heavy atom. The predicted molar refractivity (Wildman–Crippen MR) is 93.6 cm³/mol. The molecule has 0 saturated heterocycles. The number of Topliss-reactive ketones (excluding diaryl/α,β-unsaturated/α-hetero) is 2. The molecule has 1 aliphatic rings. The van der Waals surface area contributed by atoms with E-state index in [4.69, 9.17) is 5.11 Å². The number of carboxylic acid groups (broad SMARTS) is 1. The second kappa shape index (κ2) is 8.07. The van der Waals surface area contributed by atoms with Crippen molar-refractivity contribution in [1.29, 1.82) is 0 Å². The van der Waals surface area contributed by atoms with Crippen molar-refractivity contribution in [2.24, 2.45) is 17.8 Å². The summed E-state index contributed by atoms with van der Waals surface area (Å²) < 4.78 is 0. The van der Waals surface area contributed by atoms with Crippen LogP contribution in [0.3, 0.4) is 0 Å². The molecule has 2 rings (SSSR count). The van der Waals surface area contributed by atoms with Gasteiger partial charge < -0.3 is 10.4 Å². The van der Waals surface area contributed by atoms with Crippen molar-refractivity contribution in [3.63, 3.8) is 0 Å². The second-order valence-electron chi connectivity index (χ2n) is 6.84. The first kappa shape index (κ1) is 20.2. The summed E-state index contributed by atoms with van der Waals surface area (Å²) in [6.07, 6.45) is -0.662. The number of nitrogens with one attached hydrogen (secondary N) is 1. The molecule has 9 nitrogen and oxygen atoms in total. The van der Waals surface area contributed by atoms with Crippen molar-refractivity contribution in [2.45, 2.75) is 32.7 Å². The average Bonchev–Trinajstić information content (AvgIpc) is 2.83. The molecular formula is C18H20N2O7. The van der Waals surface area contributed by atoms with E-state index >= 15 is 0 Å². The normalized spacial score (nSPS) is 22.9. The maximum Gasteiger partial charge on any atom is 0.304 e. The summed E-state index contributed by atoms with van der Waals surface area (Å²) in [6, 6.07) is 4.53. The minimum atomic E-state index is -1.97. The van der Waals surface area contributed by atoms with E-state index in [9.17, 15) is 29.3 Å². The number of amides is 1. The van der Waals surface area contributed by atoms with Gasteiger partial charge in [0.1, 0.15) is 5.78 Å². The molecule has 0 spiro atoms. The molecule has 144 valence electrons. The highest BCUT2D eigenvalue weighted by Crippen LogP contribution is 2.39. The molecule has 0 heterocycles. The number of carbonyl (C=O) groups is 4. The lowest BCUT2D eigenvalue weighted by atomic mass is 9.80. The monoisotopic (exact) mass is 376 g/mol. The highest BCUT2D eigenvalue weighted by atomic mass is 16.6. The molecule has 0 unspecified atom stereocenters. The molecular weight excluding hydrogens is 356 g/mol. The third kappa shape index (κ3) is 4.55. The Morgan fingerprint density at radius 1 is 1.30 bits per heavy atom. The molecule has 2 N–H and O–H groups in total. The molecule has 27 heavy (non-hydrogen) atoms. The van der Waals surface area contributed by atoms with E-state index in [0.29, 0.717) is 5.69 Å². The first-order valence-corrected chi connectivity index (χ1v) is 8.41. The summed E-state index contributed by atoms with van der Waals surface area (Å²) in [5.74, 6) is -7.06. The Hall–Kier alpha value is -3.10. The summed E-state index contributed by atoms with van der Waals surface area (Å²) in [7, 11) is 0. The third-order valence-corrected chi connectivity index (χ3v) is 4.85. The molecule has 0 radical (unpaired) electrons. The number of carboxylic acids is 1. The molecule has 1 amide bonds. The fourth-order valence-corrected chi connectivity index (χ4v) is 3.56. The zero-order chi connectivity index (χ0) is 20.3. The van der Waals surface area contributed by atoms with Crippen LogP contribution in [0.4, 0.5) is 5.69 Å². The van der Waals surface area contributed by atoms with Gasteiger partial charge in [0, 0.05) is 28.9 Å². The van der Waals surface area contributed by atoms with E-state index in [1.165, 1.54) is 0 Å². The standard InChI is InChI=1S/C18H20N2O7/c1-9-3-5-11(6-4-9)19-18(25)17(24)16(20(26)27)15-10(2)7-13(21)12(15)8-14(22)23/h3-6,10,12,15-16H,7-8H2,1-2H3,(H,19,25)(H,22,23)/t10-,12+,15-,16+/m1/s1. The highest BCUT2D eigenvalue weighted by Gasteiger charge is 2.54. The number of benzene rings is 1. The van der Waals surface area contributed by atoms with E-state index in [-0.39, 0.29) is 6.42 Å². The van der Waals surface area contributed by atoms with Gasteiger partial charge >= 0.3 is 5.97 Å². The van der Waals surface area contributed by atoms with Crippen LogP contribution >= 0.6 is 0 Å². The molecule has 0 aromatic heterocycles. The maximum absolute atomic E-state index is 12.5. The first-order chi connectivity index (χ1) is 12.6. The minimum Gasteiger partial charge on any atom is -0.481 e. The Kier molecular flexibility index (Phi) is 6.04. The lowest BCUT2D eigenvalue weighted by Gasteiger charge is -2.22. The lowest BCUT2D eigenvalue weighted by molar-refractivity contribution is -0.518. The summed E-state index contributed by atoms with van der Waals surface area (Å²) in [6.45, 7) is 3.38. The van der Waals surface area contributed by atoms with Crippen molar-refractivity contribution in [3.8, 4) is 0 Å². The van der Waals surface area contributed by atoms with Crippen molar-refractivity contribution in [2.75, 3.05) is 5.32 Å². The topological polar surface area (TPSA) is 144 Å². The third-order valence-electron chi connectivity index (χ3n) is 4.85. The molecule has 1 aromatic rings. The predicted octanol–water partition coefficient (Wildman–Crippen LogP) is 1.46. The van der Waals surface area contributed by atoms with Crippen molar-refractivity contribution in [1.82, 2.24) is 0 Å². The van der Waals surface area contributed by atoms with Gasteiger partial charge in [-0.15, -0.1) is 0 Å². The number of ketones is 2. The van der Waals surface area contributed by atoms with Gasteiger partial charge in [-0.25, -0.2) is 0 Å². The van der Waals surface area contributed by atoms with Gasteiger partial charge in [-0.3, -0.25) is 29.3 Å². The number of hydrogen-bond acceptors (Lipinski definition) is 6. The fraction of sp³-hybridized carbons (Fsp3) is 0.444. The van der Waals surface area contributed by atoms with E-state index in [2.05, 4.69) is 5.32 Å². The molecule has 1 aromatic carbocycles. The number of rotatable bonds is 7. The Morgan fingerprint density at radius 2 is 1.89 bits per heavy atom. The molecule has 0 aliphatic heterocycles. The van der Waals surface area contributed by atoms with Gasteiger partial charge in [0.05, 0.1) is 6.42 Å². The van der Waals surface area contributed by atoms with Crippen LogP contribution < -0.4 is 5.32 Å².